The van der Waals surface area contributed by atoms with Gasteiger partial charge in [0.15, 0.2) is 0 Å². The van der Waals surface area contributed by atoms with Crippen molar-refractivity contribution in [1.29, 1.82) is 0 Å². The lowest BCUT2D eigenvalue weighted by Gasteiger charge is -2.11. The van der Waals surface area contributed by atoms with Crippen molar-refractivity contribution in [3.05, 3.63) is 95.0 Å². The average Bonchev–Trinajstić information content (AvgIpc) is 2.88. The second-order valence-electron chi connectivity index (χ2n) is 7.92. The number of hydrogen-bond acceptors (Lipinski definition) is 7. The number of nitrogens with zero attached hydrogens (tertiary/aromatic N) is 4. The maximum atomic E-state index is 14.1. The monoisotopic (exact) mass is 520 g/mol. The van der Waals surface area contributed by atoms with E-state index in [2.05, 4.69) is 36.5 Å². The number of sulfonamides is 1. The lowest BCUT2D eigenvalue weighted by atomic mass is 10.0. The number of benzene rings is 1. The molecule has 4 aromatic rings. The smallest absolute Gasteiger partial charge is 0.264 e. The van der Waals surface area contributed by atoms with Gasteiger partial charge < -0.3 is 5.73 Å². The van der Waals surface area contributed by atoms with Crippen LogP contribution in [0.25, 0.3) is 11.3 Å². The van der Waals surface area contributed by atoms with Crippen LogP contribution in [0.1, 0.15) is 35.1 Å². The third-order valence-electron chi connectivity index (χ3n) is 5.41. The van der Waals surface area contributed by atoms with Gasteiger partial charge in [-0.25, -0.2) is 27.2 Å². The van der Waals surface area contributed by atoms with Crippen molar-refractivity contribution in [2.24, 2.45) is 5.73 Å². The van der Waals surface area contributed by atoms with Crippen LogP contribution in [0.3, 0.4) is 0 Å². The summed E-state index contributed by atoms with van der Waals surface area (Å²) in [5, 5.41) is 0. The molecular formula is C26H22F2N6O2S. The Morgan fingerprint density at radius 1 is 1.03 bits per heavy atom. The van der Waals surface area contributed by atoms with Crippen LogP contribution in [0, 0.1) is 30.4 Å². The predicted molar refractivity (Wildman–Crippen MR) is 135 cm³/mol. The van der Waals surface area contributed by atoms with Gasteiger partial charge in [-0.1, -0.05) is 18.8 Å². The van der Waals surface area contributed by atoms with Gasteiger partial charge in [-0.2, -0.15) is 0 Å². The molecule has 1 aromatic carbocycles. The number of anilines is 1. The van der Waals surface area contributed by atoms with Crippen LogP contribution in [-0.4, -0.2) is 28.4 Å². The fourth-order valence-corrected chi connectivity index (χ4v) is 4.68. The average molecular weight is 521 g/mol. The number of rotatable bonds is 6. The number of aromatic nitrogens is 4. The van der Waals surface area contributed by atoms with Crippen LogP contribution in [0.2, 0.25) is 0 Å². The Labute approximate surface area is 213 Å². The van der Waals surface area contributed by atoms with E-state index in [1.54, 1.807) is 19.2 Å². The Hall–Kier alpha value is -4.27. The summed E-state index contributed by atoms with van der Waals surface area (Å²) < 4.78 is 55.2. The first-order chi connectivity index (χ1) is 17.7. The molecule has 0 saturated heterocycles. The molecule has 0 aliphatic rings. The SMILES string of the molecule is CCc1ncnc(-c2ccnc(CN)c2)c1C#Cc1cnc(C)c(NS(=O)(=O)c2ccc(F)cc2F)c1. The Bertz CT molecular complexity index is 1650. The van der Waals surface area contributed by atoms with Gasteiger partial charge in [0.05, 0.1) is 34.0 Å². The Kier molecular flexibility index (Phi) is 7.52. The first-order valence-corrected chi connectivity index (χ1v) is 12.7. The molecule has 8 nitrogen and oxygen atoms in total. The zero-order chi connectivity index (χ0) is 26.6. The molecule has 0 radical (unpaired) electrons. The molecule has 0 atom stereocenters. The fourth-order valence-electron chi connectivity index (χ4n) is 3.51. The van der Waals surface area contributed by atoms with E-state index in [-0.39, 0.29) is 12.2 Å². The Morgan fingerprint density at radius 3 is 2.57 bits per heavy atom. The number of aryl methyl sites for hydroxylation is 2. The minimum absolute atomic E-state index is 0.109. The molecular weight excluding hydrogens is 498 g/mol. The van der Waals surface area contributed by atoms with E-state index in [9.17, 15) is 17.2 Å². The van der Waals surface area contributed by atoms with E-state index in [0.717, 1.165) is 23.4 Å². The number of halogens is 2. The van der Waals surface area contributed by atoms with Crippen LogP contribution in [0.5, 0.6) is 0 Å². The summed E-state index contributed by atoms with van der Waals surface area (Å²) in [4.78, 5) is 16.5. The van der Waals surface area contributed by atoms with E-state index in [1.807, 2.05) is 13.0 Å². The zero-order valence-corrected chi connectivity index (χ0v) is 20.8. The maximum Gasteiger partial charge on any atom is 0.264 e. The summed E-state index contributed by atoms with van der Waals surface area (Å²) in [5.74, 6) is 4.01. The summed E-state index contributed by atoms with van der Waals surface area (Å²) in [6.07, 6.45) is 5.22. The molecule has 0 aliphatic heterocycles. The molecule has 188 valence electrons. The highest BCUT2D eigenvalue weighted by Crippen LogP contribution is 2.24. The number of pyridine rings is 2. The van der Waals surface area contributed by atoms with Gasteiger partial charge in [0.25, 0.3) is 10.0 Å². The van der Waals surface area contributed by atoms with Crippen molar-refractivity contribution < 1.29 is 17.2 Å². The molecule has 0 amide bonds. The number of hydrogen-bond donors (Lipinski definition) is 2. The van der Waals surface area contributed by atoms with Gasteiger partial charge in [-0.3, -0.25) is 14.7 Å². The second-order valence-corrected chi connectivity index (χ2v) is 9.58. The fraction of sp³-hybridized carbons (Fsp3) is 0.154. The van der Waals surface area contributed by atoms with Crippen LogP contribution in [0.15, 0.2) is 60.0 Å². The summed E-state index contributed by atoms with van der Waals surface area (Å²) in [5.41, 5.74) is 10.0. The van der Waals surface area contributed by atoms with Crippen molar-refractivity contribution in [1.82, 2.24) is 19.9 Å². The molecule has 11 heteroatoms. The van der Waals surface area contributed by atoms with E-state index in [1.165, 1.54) is 18.6 Å². The molecule has 0 aliphatic carbocycles. The molecule has 37 heavy (non-hydrogen) atoms. The molecule has 0 unspecified atom stereocenters. The molecule has 0 fully saturated rings. The van der Waals surface area contributed by atoms with E-state index >= 15 is 0 Å². The highest BCUT2D eigenvalue weighted by Gasteiger charge is 2.21. The van der Waals surface area contributed by atoms with Crippen molar-refractivity contribution >= 4 is 15.7 Å². The van der Waals surface area contributed by atoms with Crippen molar-refractivity contribution in [3.63, 3.8) is 0 Å². The van der Waals surface area contributed by atoms with Crippen LogP contribution >= 0.6 is 0 Å². The van der Waals surface area contributed by atoms with Crippen molar-refractivity contribution in [2.45, 2.75) is 31.7 Å². The van der Waals surface area contributed by atoms with Crippen molar-refractivity contribution in [2.75, 3.05) is 4.72 Å². The third-order valence-corrected chi connectivity index (χ3v) is 6.81. The van der Waals surface area contributed by atoms with Crippen molar-refractivity contribution in [3.8, 4) is 23.1 Å². The second kappa shape index (κ2) is 10.8. The van der Waals surface area contributed by atoms with Gasteiger partial charge in [0, 0.05) is 36.1 Å². The summed E-state index contributed by atoms with van der Waals surface area (Å²) in [7, 11) is -4.34. The van der Waals surface area contributed by atoms with Gasteiger partial charge in [0.2, 0.25) is 0 Å². The lowest BCUT2D eigenvalue weighted by Crippen LogP contribution is -2.16. The van der Waals surface area contributed by atoms with Gasteiger partial charge in [0.1, 0.15) is 22.9 Å². The summed E-state index contributed by atoms with van der Waals surface area (Å²) in [6, 6.07) is 7.36. The number of nitrogens with two attached hydrogens (primary N) is 1. The molecule has 3 heterocycles. The van der Waals surface area contributed by atoms with Crippen LogP contribution in [0.4, 0.5) is 14.5 Å². The molecule has 0 saturated carbocycles. The molecule has 3 N–H and O–H groups in total. The molecule has 3 aromatic heterocycles. The number of nitrogens with one attached hydrogen (secondary N) is 1. The largest absolute Gasteiger partial charge is 0.325 e. The molecule has 0 spiro atoms. The van der Waals surface area contributed by atoms with Gasteiger partial charge in [-0.15, -0.1) is 0 Å². The highest BCUT2D eigenvalue weighted by atomic mass is 32.2. The topological polar surface area (TPSA) is 124 Å². The van der Waals surface area contributed by atoms with Crippen LogP contribution in [-0.2, 0) is 23.0 Å². The Morgan fingerprint density at radius 2 is 1.84 bits per heavy atom. The highest BCUT2D eigenvalue weighted by molar-refractivity contribution is 7.92. The maximum absolute atomic E-state index is 14.1. The van der Waals surface area contributed by atoms with Gasteiger partial charge in [-0.05, 0) is 43.7 Å². The quantitative estimate of drug-likeness (QED) is 0.371. The minimum Gasteiger partial charge on any atom is -0.325 e. The normalized spacial score (nSPS) is 11.1. The molecule has 0 bridgehead atoms. The first-order valence-electron chi connectivity index (χ1n) is 11.2. The third kappa shape index (κ3) is 5.77. The van der Waals surface area contributed by atoms with E-state index < -0.39 is 26.6 Å². The predicted octanol–water partition coefficient (Wildman–Crippen LogP) is 3.74. The van der Waals surface area contributed by atoms with E-state index in [0.29, 0.717) is 40.7 Å². The zero-order valence-electron chi connectivity index (χ0n) is 20.0. The summed E-state index contributed by atoms with van der Waals surface area (Å²) >= 11 is 0. The molecule has 4 rings (SSSR count). The summed E-state index contributed by atoms with van der Waals surface area (Å²) in [6.45, 7) is 3.81. The van der Waals surface area contributed by atoms with Crippen LogP contribution < -0.4 is 10.5 Å². The minimum atomic E-state index is -4.34. The van der Waals surface area contributed by atoms with Gasteiger partial charge >= 0.3 is 0 Å². The lowest BCUT2D eigenvalue weighted by molar-refractivity contribution is 0.551. The Balaban J connectivity index is 1.72. The van der Waals surface area contributed by atoms with E-state index in [4.69, 9.17) is 5.73 Å². The first kappa shape index (κ1) is 25.8. The standard InChI is InChI=1S/C26H22F2N6O2S/c1-3-23-21(26(33-15-32-23)18-8-9-30-20(11-18)13-29)6-4-17-10-24(16(2)31-14-17)34-37(35,36)25-7-5-19(27)12-22(25)28/h5,7-12,14-15,34H,3,13,29H2,1-2H3.